The van der Waals surface area contributed by atoms with Crippen molar-refractivity contribution >= 4 is 10.9 Å². The summed E-state index contributed by atoms with van der Waals surface area (Å²) in [5, 5.41) is 1.26. The molecule has 3 rings (SSSR count). The molecule has 0 radical (unpaired) electrons. The molecular formula is C19H26N2. The highest BCUT2D eigenvalue weighted by molar-refractivity contribution is 5.81. The van der Waals surface area contributed by atoms with Gasteiger partial charge in [-0.2, -0.15) is 0 Å². The molecule has 21 heavy (non-hydrogen) atoms. The summed E-state index contributed by atoms with van der Waals surface area (Å²) in [6.45, 7) is 4.76. The van der Waals surface area contributed by atoms with Gasteiger partial charge in [-0.25, -0.2) is 0 Å². The first-order valence-electron chi connectivity index (χ1n) is 8.13. The number of pyridine rings is 1. The van der Waals surface area contributed by atoms with Crippen molar-refractivity contribution in [2.75, 3.05) is 0 Å². The van der Waals surface area contributed by atoms with E-state index in [4.69, 9.17) is 5.73 Å². The van der Waals surface area contributed by atoms with Gasteiger partial charge in [-0.1, -0.05) is 32.0 Å². The summed E-state index contributed by atoms with van der Waals surface area (Å²) in [6.07, 6.45) is 8.04. The van der Waals surface area contributed by atoms with Crippen LogP contribution in [0.2, 0.25) is 0 Å². The first-order valence-corrected chi connectivity index (χ1v) is 8.13. The standard InChI is InChI=1S/C19H26N2/c1-19(2)10-7-14(8-11-19)17(20)13-15-9-12-21-18-6-4-3-5-16(15)18/h3-6,9,12,14,17H,7-8,10-11,13,20H2,1-2H3. The number of hydrogen-bond acceptors (Lipinski definition) is 2. The number of para-hydroxylation sites is 1. The quantitative estimate of drug-likeness (QED) is 0.910. The molecule has 1 fully saturated rings. The van der Waals surface area contributed by atoms with E-state index in [0.29, 0.717) is 11.3 Å². The van der Waals surface area contributed by atoms with Crippen LogP contribution < -0.4 is 5.73 Å². The van der Waals surface area contributed by atoms with Crippen LogP contribution in [0, 0.1) is 11.3 Å². The summed E-state index contributed by atoms with van der Waals surface area (Å²) in [4.78, 5) is 4.44. The minimum Gasteiger partial charge on any atom is -0.327 e. The smallest absolute Gasteiger partial charge is 0.0704 e. The van der Waals surface area contributed by atoms with Crippen LogP contribution in [-0.4, -0.2) is 11.0 Å². The largest absolute Gasteiger partial charge is 0.327 e. The molecule has 2 N–H and O–H groups in total. The minimum atomic E-state index is 0.270. The number of fused-ring (bicyclic) bond motifs is 1. The Morgan fingerprint density at radius 1 is 1.19 bits per heavy atom. The topological polar surface area (TPSA) is 38.9 Å². The van der Waals surface area contributed by atoms with Crippen molar-refractivity contribution in [3.05, 3.63) is 42.1 Å². The Balaban J connectivity index is 1.73. The fourth-order valence-corrected chi connectivity index (χ4v) is 3.60. The number of benzene rings is 1. The third-order valence-electron chi connectivity index (χ3n) is 5.18. The molecule has 0 saturated heterocycles. The van der Waals surface area contributed by atoms with Gasteiger partial charge in [0.05, 0.1) is 5.52 Å². The number of nitrogens with zero attached hydrogens (tertiary/aromatic N) is 1. The molecule has 0 spiro atoms. The summed E-state index contributed by atoms with van der Waals surface area (Å²) in [5.41, 5.74) is 9.47. The highest BCUT2D eigenvalue weighted by Gasteiger charge is 2.30. The van der Waals surface area contributed by atoms with Crippen LogP contribution in [0.25, 0.3) is 10.9 Å². The van der Waals surface area contributed by atoms with Crippen LogP contribution in [0.3, 0.4) is 0 Å². The van der Waals surface area contributed by atoms with Crippen LogP contribution in [0.5, 0.6) is 0 Å². The van der Waals surface area contributed by atoms with Gasteiger partial charge in [-0.15, -0.1) is 0 Å². The van der Waals surface area contributed by atoms with Crippen LogP contribution in [0.4, 0.5) is 0 Å². The number of aromatic nitrogens is 1. The van der Waals surface area contributed by atoms with Crippen molar-refractivity contribution in [2.45, 2.75) is 52.0 Å². The highest BCUT2D eigenvalue weighted by atomic mass is 14.7. The average molecular weight is 282 g/mol. The zero-order valence-corrected chi connectivity index (χ0v) is 13.2. The lowest BCUT2D eigenvalue weighted by Crippen LogP contribution is -2.36. The molecule has 0 aliphatic heterocycles. The highest BCUT2D eigenvalue weighted by Crippen LogP contribution is 2.39. The van der Waals surface area contributed by atoms with Crippen LogP contribution in [-0.2, 0) is 6.42 Å². The summed E-state index contributed by atoms with van der Waals surface area (Å²) in [7, 11) is 0. The van der Waals surface area contributed by atoms with E-state index >= 15 is 0 Å². The molecule has 2 nitrogen and oxygen atoms in total. The lowest BCUT2D eigenvalue weighted by molar-refractivity contribution is 0.173. The molecule has 0 bridgehead atoms. The van der Waals surface area contributed by atoms with Gasteiger partial charge in [0.1, 0.15) is 0 Å². The average Bonchev–Trinajstić information content (AvgIpc) is 2.47. The monoisotopic (exact) mass is 282 g/mol. The Morgan fingerprint density at radius 3 is 2.67 bits per heavy atom. The third-order valence-corrected chi connectivity index (χ3v) is 5.18. The minimum absolute atomic E-state index is 0.270. The fourth-order valence-electron chi connectivity index (χ4n) is 3.60. The van der Waals surface area contributed by atoms with Crippen molar-refractivity contribution in [1.82, 2.24) is 4.98 Å². The van der Waals surface area contributed by atoms with E-state index in [-0.39, 0.29) is 6.04 Å². The molecule has 1 aliphatic carbocycles. The summed E-state index contributed by atoms with van der Waals surface area (Å²) < 4.78 is 0. The van der Waals surface area contributed by atoms with Gasteiger partial charge in [-0.05, 0) is 61.1 Å². The molecule has 1 aliphatic rings. The van der Waals surface area contributed by atoms with Gasteiger partial charge in [0, 0.05) is 17.6 Å². The first-order chi connectivity index (χ1) is 10.1. The maximum absolute atomic E-state index is 6.54. The molecule has 112 valence electrons. The van der Waals surface area contributed by atoms with Crippen molar-refractivity contribution in [2.24, 2.45) is 17.1 Å². The van der Waals surface area contributed by atoms with Crippen molar-refractivity contribution in [1.29, 1.82) is 0 Å². The van der Waals surface area contributed by atoms with E-state index in [9.17, 15) is 0 Å². The van der Waals surface area contributed by atoms with Crippen LogP contribution >= 0.6 is 0 Å². The molecule has 2 aromatic rings. The number of nitrogens with two attached hydrogens (primary N) is 1. The van der Waals surface area contributed by atoms with E-state index < -0.39 is 0 Å². The number of hydrogen-bond donors (Lipinski definition) is 1. The van der Waals surface area contributed by atoms with Gasteiger partial charge in [0.15, 0.2) is 0 Å². The molecule has 2 heteroatoms. The van der Waals surface area contributed by atoms with Crippen molar-refractivity contribution in [3.63, 3.8) is 0 Å². The molecule has 1 aromatic heterocycles. The predicted octanol–water partition coefficient (Wildman–Crippen LogP) is 4.32. The zero-order valence-electron chi connectivity index (χ0n) is 13.2. The van der Waals surface area contributed by atoms with Crippen molar-refractivity contribution in [3.8, 4) is 0 Å². The SMILES string of the molecule is CC1(C)CCC(C(N)Cc2ccnc3ccccc23)CC1. The van der Waals surface area contributed by atoms with E-state index in [2.05, 4.69) is 43.1 Å². The van der Waals surface area contributed by atoms with Crippen LogP contribution in [0.1, 0.15) is 45.1 Å². The second-order valence-corrected chi connectivity index (χ2v) is 7.36. The van der Waals surface area contributed by atoms with Gasteiger partial charge in [-0.3, -0.25) is 4.98 Å². The second-order valence-electron chi connectivity index (χ2n) is 7.36. The summed E-state index contributed by atoms with van der Waals surface area (Å²) in [5.74, 6) is 0.671. The van der Waals surface area contributed by atoms with Crippen molar-refractivity contribution < 1.29 is 0 Å². The Bertz CT molecular complexity index is 602. The van der Waals surface area contributed by atoms with Crippen LogP contribution in [0.15, 0.2) is 36.5 Å². The fraction of sp³-hybridized carbons (Fsp3) is 0.526. The molecule has 1 saturated carbocycles. The van der Waals surface area contributed by atoms with Gasteiger partial charge in [0.25, 0.3) is 0 Å². The van der Waals surface area contributed by atoms with Gasteiger partial charge in [0.2, 0.25) is 0 Å². The molecule has 0 amide bonds. The number of rotatable bonds is 3. The maximum atomic E-state index is 6.54. The van der Waals surface area contributed by atoms with E-state index in [1.807, 2.05) is 12.3 Å². The molecule has 1 atom stereocenters. The molecule has 1 aromatic carbocycles. The van der Waals surface area contributed by atoms with Gasteiger partial charge < -0.3 is 5.73 Å². The van der Waals surface area contributed by atoms with E-state index in [1.165, 1.54) is 36.6 Å². The maximum Gasteiger partial charge on any atom is 0.0704 e. The van der Waals surface area contributed by atoms with E-state index in [1.54, 1.807) is 0 Å². The Labute approximate surface area is 127 Å². The second kappa shape index (κ2) is 5.76. The summed E-state index contributed by atoms with van der Waals surface area (Å²) >= 11 is 0. The molecule has 1 heterocycles. The predicted molar refractivity (Wildman–Crippen MR) is 89.2 cm³/mol. The molecular weight excluding hydrogens is 256 g/mol. The lowest BCUT2D eigenvalue weighted by atomic mass is 9.70. The Kier molecular flexibility index (Phi) is 3.99. The molecule has 1 unspecified atom stereocenters. The third kappa shape index (κ3) is 3.26. The zero-order chi connectivity index (χ0) is 14.9. The Morgan fingerprint density at radius 2 is 1.90 bits per heavy atom. The lowest BCUT2D eigenvalue weighted by Gasteiger charge is -2.37. The van der Waals surface area contributed by atoms with E-state index in [0.717, 1.165) is 11.9 Å². The van der Waals surface area contributed by atoms with Gasteiger partial charge >= 0.3 is 0 Å². The first kappa shape index (κ1) is 14.5. The normalized spacial score (nSPS) is 20.5. The summed E-state index contributed by atoms with van der Waals surface area (Å²) in [6, 6.07) is 10.8. The Hall–Kier alpha value is -1.41.